The minimum atomic E-state index is -1.02. The number of amides is 2. The number of carbonyl (C=O) groups excluding carboxylic acids is 1. The maximum Gasteiger partial charge on any atom is 0.335 e. The summed E-state index contributed by atoms with van der Waals surface area (Å²) in [5, 5.41) is 23.8. The molecule has 0 heterocycles. The molecule has 0 saturated heterocycles. The van der Waals surface area contributed by atoms with Gasteiger partial charge in [0, 0.05) is 10.5 Å². The van der Waals surface area contributed by atoms with Gasteiger partial charge in [-0.25, -0.2) is 9.59 Å². The Labute approximate surface area is 130 Å². The van der Waals surface area contributed by atoms with Crippen molar-refractivity contribution >= 4 is 33.6 Å². The van der Waals surface area contributed by atoms with Gasteiger partial charge in [0.05, 0.1) is 17.4 Å². The first-order valence-electron chi connectivity index (χ1n) is 6.74. The lowest BCUT2D eigenvalue weighted by atomic mass is 9.93. The number of carboxylic acid groups (broad SMARTS) is 1. The average molecular weight is 357 g/mol. The van der Waals surface area contributed by atoms with Crippen LogP contribution in [0, 0.1) is 0 Å². The SMILES string of the molecule is O=C(Nc1ccc(C(=O)O)cc1Br)NC1CCC(O)CC1. The second-order valence-electron chi connectivity index (χ2n) is 5.10. The fraction of sp³-hybridized carbons (Fsp3) is 0.429. The van der Waals surface area contributed by atoms with Gasteiger partial charge in [-0.15, -0.1) is 0 Å². The van der Waals surface area contributed by atoms with Gasteiger partial charge >= 0.3 is 12.0 Å². The largest absolute Gasteiger partial charge is 0.478 e. The van der Waals surface area contributed by atoms with Gasteiger partial charge in [0.1, 0.15) is 0 Å². The van der Waals surface area contributed by atoms with E-state index in [2.05, 4.69) is 26.6 Å². The zero-order valence-electron chi connectivity index (χ0n) is 11.3. The number of anilines is 1. The Hall–Kier alpha value is -1.60. The minimum absolute atomic E-state index is 0.0606. The Balaban J connectivity index is 1.92. The molecule has 1 aromatic carbocycles. The number of benzene rings is 1. The van der Waals surface area contributed by atoms with Crippen molar-refractivity contribution in [1.82, 2.24) is 5.32 Å². The molecule has 1 saturated carbocycles. The lowest BCUT2D eigenvalue weighted by Gasteiger charge is -2.26. The molecule has 7 heteroatoms. The molecule has 4 N–H and O–H groups in total. The van der Waals surface area contributed by atoms with Crippen LogP contribution in [0.25, 0.3) is 0 Å². The summed E-state index contributed by atoms with van der Waals surface area (Å²) in [6.07, 6.45) is 2.65. The summed E-state index contributed by atoms with van der Waals surface area (Å²) in [5.41, 5.74) is 0.655. The highest BCUT2D eigenvalue weighted by Crippen LogP contribution is 2.24. The summed E-state index contributed by atoms with van der Waals surface area (Å²) in [7, 11) is 0. The van der Waals surface area contributed by atoms with Crippen molar-refractivity contribution in [3.05, 3.63) is 28.2 Å². The number of aliphatic hydroxyl groups is 1. The Bertz CT molecular complexity index is 542. The van der Waals surface area contributed by atoms with Crippen LogP contribution in [-0.2, 0) is 0 Å². The fourth-order valence-corrected chi connectivity index (χ4v) is 2.79. The second kappa shape index (κ2) is 6.91. The van der Waals surface area contributed by atoms with E-state index in [1.54, 1.807) is 0 Å². The molecule has 2 rings (SSSR count). The molecule has 0 aliphatic heterocycles. The maximum atomic E-state index is 11.9. The summed E-state index contributed by atoms with van der Waals surface area (Å²) in [5.74, 6) is -1.02. The summed E-state index contributed by atoms with van der Waals surface area (Å²) in [4.78, 5) is 22.7. The van der Waals surface area contributed by atoms with Crippen molar-refractivity contribution < 1.29 is 19.8 Å². The van der Waals surface area contributed by atoms with Crippen LogP contribution >= 0.6 is 15.9 Å². The Morgan fingerprint density at radius 3 is 2.43 bits per heavy atom. The highest BCUT2D eigenvalue weighted by Gasteiger charge is 2.21. The molecule has 1 aliphatic carbocycles. The Morgan fingerprint density at radius 1 is 1.19 bits per heavy atom. The molecule has 21 heavy (non-hydrogen) atoms. The van der Waals surface area contributed by atoms with Crippen LogP contribution in [0.5, 0.6) is 0 Å². The molecule has 0 aromatic heterocycles. The minimum Gasteiger partial charge on any atom is -0.478 e. The number of hydrogen-bond donors (Lipinski definition) is 4. The molecule has 1 fully saturated rings. The highest BCUT2D eigenvalue weighted by atomic mass is 79.9. The fourth-order valence-electron chi connectivity index (χ4n) is 2.31. The zero-order valence-corrected chi connectivity index (χ0v) is 12.9. The Kier molecular flexibility index (Phi) is 5.19. The van der Waals surface area contributed by atoms with Crippen molar-refractivity contribution in [3.63, 3.8) is 0 Å². The van der Waals surface area contributed by atoms with Crippen molar-refractivity contribution in [2.24, 2.45) is 0 Å². The van der Waals surface area contributed by atoms with Gasteiger partial charge in [-0.05, 0) is 59.8 Å². The molecule has 114 valence electrons. The molecule has 0 bridgehead atoms. The number of carbonyl (C=O) groups is 2. The number of aliphatic hydroxyl groups excluding tert-OH is 1. The molecule has 1 aromatic rings. The first-order valence-corrected chi connectivity index (χ1v) is 7.53. The number of carboxylic acids is 1. The molecule has 0 atom stereocenters. The number of nitrogens with one attached hydrogen (secondary N) is 2. The van der Waals surface area contributed by atoms with Gasteiger partial charge in [0.2, 0.25) is 0 Å². The van der Waals surface area contributed by atoms with Crippen molar-refractivity contribution in [2.75, 3.05) is 5.32 Å². The van der Waals surface area contributed by atoms with Crippen LogP contribution in [0.4, 0.5) is 10.5 Å². The van der Waals surface area contributed by atoms with Crippen molar-refractivity contribution in [1.29, 1.82) is 0 Å². The maximum absolute atomic E-state index is 11.9. The van der Waals surface area contributed by atoms with Crippen LogP contribution in [0.15, 0.2) is 22.7 Å². The van der Waals surface area contributed by atoms with E-state index in [4.69, 9.17) is 5.11 Å². The van der Waals surface area contributed by atoms with Gasteiger partial charge in [-0.1, -0.05) is 0 Å². The standard InChI is InChI=1S/C14H17BrN2O4/c15-11-7-8(13(19)20)1-6-12(11)17-14(21)16-9-2-4-10(18)5-3-9/h1,6-7,9-10,18H,2-5H2,(H,19,20)(H2,16,17,21). The molecule has 0 radical (unpaired) electrons. The third kappa shape index (κ3) is 4.44. The van der Waals surface area contributed by atoms with Crippen molar-refractivity contribution in [2.45, 2.75) is 37.8 Å². The predicted molar refractivity (Wildman–Crippen MR) is 81.5 cm³/mol. The first kappa shape index (κ1) is 15.8. The predicted octanol–water partition coefficient (Wildman–Crippen LogP) is 2.57. The third-order valence-electron chi connectivity index (χ3n) is 3.50. The molecular formula is C14H17BrN2O4. The normalized spacial score (nSPS) is 21.6. The van der Waals surface area contributed by atoms with E-state index < -0.39 is 5.97 Å². The first-order chi connectivity index (χ1) is 9.95. The Morgan fingerprint density at radius 2 is 1.86 bits per heavy atom. The topological polar surface area (TPSA) is 98.7 Å². The lowest BCUT2D eigenvalue weighted by molar-refractivity contribution is 0.0697. The van der Waals surface area contributed by atoms with Gasteiger partial charge < -0.3 is 20.8 Å². The number of aromatic carboxylic acids is 1. The van der Waals surface area contributed by atoms with Gasteiger partial charge in [0.15, 0.2) is 0 Å². The van der Waals surface area contributed by atoms with E-state index in [1.807, 2.05) is 0 Å². The lowest BCUT2D eigenvalue weighted by Crippen LogP contribution is -2.40. The number of hydrogen-bond acceptors (Lipinski definition) is 3. The van der Waals surface area contributed by atoms with Crippen LogP contribution in [0.2, 0.25) is 0 Å². The average Bonchev–Trinajstić information content (AvgIpc) is 2.43. The summed E-state index contributed by atoms with van der Waals surface area (Å²) in [6.45, 7) is 0. The molecule has 6 nitrogen and oxygen atoms in total. The molecule has 1 aliphatic rings. The molecule has 0 unspecified atom stereocenters. The van der Waals surface area contributed by atoms with E-state index in [0.29, 0.717) is 23.0 Å². The number of halogens is 1. The van der Waals surface area contributed by atoms with E-state index in [1.165, 1.54) is 18.2 Å². The van der Waals surface area contributed by atoms with E-state index >= 15 is 0 Å². The molecule has 0 spiro atoms. The van der Waals surface area contributed by atoms with E-state index in [-0.39, 0.29) is 23.7 Å². The third-order valence-corrected chi connectivity index (χ3v) is 4.15. The van der Waals surface area contributed by atoms with Crippen LogP contribution in [0.3, 0.4) is 0 Å². The van der Waals surface area contributed by atoms with Crippen LogP contribution in [0.1, 0.15) is 36.0 Å². The van der Waals surface area contributed by atoms with Gasteiger partial charge in [-0.2, -0.15) is 0 Å². The molecule has 2 amide bonds. The highest BCUT2D eigenvalue weighted by molar-refractivity contribution is 9.10. The second-order valence-corrected chi connectivity index (χ2v) is 5.96. The summed E-state index contributed by atoms with van der Waals surface area (Å²) >= 11 is 3.24. The summed E-state index contributed by atoms with van der Waals surface area (Å²) in [6, 6.07) is 4.14. The molecular weight excluding hydrogens is 340 g/mol. The number of rotatable bonds is 3. The zero-order chi connectivity index (χ0) is 15.4. The quantitative estimate of drug-likeness (QED) is 0.668. The van der Waals surface area contributed by atoms with E-state index in [0.717, 1.165) is 12.8 Å². The van der Waals surface area contributed by atoms with Crippen molar-refractivity contribution in [3.8, 4) is 0 Å². The summed E-state index contributed by atoms with van der Waals surface area (Å²) < 4.78 is 0.511. The monoisotopic (exact) mass is 356 g/mol. The van der Waals surface area contributed by atoms with Gasteiger partial charge in [-0.3, -0.25) is 0 Å². The smallest absolute Gasteiger partial charge is 0.335 e. The number of urea groups is 1. The van der Waals surface area contributed by atoms with Crippen LogP contribution < -0.4 is 10.6 Å². The van der Waals surface area contributed by atoms with Crippen LogP contribution in [-0.4, -0.2) is 34.4 Å². The van der Waals surface area contributed by atoms with Gasteiger partial charge in [0.25, 0.3) is 0 Å². The van der Waals surface area contributed by atoms with E-state index in [9.17, 15) is 14.7 Å².